The van der Waals surface area contributed by atoms with Gasteiger partial charge in [-0.3, -0.25) is 4.79 Å². The summed E-state index contributed by atoms with van der Waals surface area (Å²) in [6, 6.07) is 7.57. The third kappa shape index (κ3) is 5.67. The minimum atomic E-state index is 0.102. The van der Waals surface area contributed by atoms with Crippen LogP contribution in [0.1, 0.15) is 51.6 Å². The number of hydrogen-bond donors (Lipinski definition) is 3. The molecule has 3 rings (SSSR count). The predicted octanol–water partition coefficient (Wildman–Crippen LogP) is 4.00. The standard InChI is InChI=1S/C22H31N5O2/c1-14(2)11-12-29-13-18-19(20(23)27-22(24)26-18)15-7-9-17(10-8-15)25-21(28)16-5-3-4-6-16/h7-10,14,16H,3-6,11-13H2,1-2H3,(H,25,28)(H4,23,24,26,27). The number of rotatable bonds is 8. The summed E-state index contributed by atoms with van der Waals surface area (Å²) in [5, 5.41) is 3.01. The first-order valence-corrected chi connectivity index (χ1v) is 10.3. The van der Waals surface area contributed by atoms with Crippen LogP contribution >= 0.6 is 0 Å². The van der Waals surface area contributed by atoms with Gasteiger partial charge >= 0.3 is 0 Å². The zero-order chi connectivity index (χ0) is 20.8. The Morgan fingerprint density at radius 2 is 1.86 bits per heavy atom. The van der Waals surface area contributed by atoms with Gasteiger partial charge in [0.25, 0.3) is 0 Å². The molecule has 0 aliphatic heterocycles. The van der Waals surface area contributed by atoms with E-state index in [0.29, 0.717) is 30.6 Å². The fourth-order valence-electron chi connectivity index (χ4n) is 3.61. The van der Waals surface area contributed by atoms with E-state index in [0.717, 1.165) is 48.9 Å². The summed E-state index contributed by atoms with van der Waals surface area (Å²) in [6.45, 7) is 5.27. The van der Waals surface area contributed by atoms with Crippen LogP contribution in [0.2, 0.25) is 0 Å². The van der Waals surface area contributed by atoms with E-state index in [1.165, 1.54) is 0 Å². The zero-order valence-electron chi connectivity index (χ0n) is 17.3. The van der Waals surface area contributed by atoms with Gasteiger partial charge in [-0.05, 0) is 42.9 Å². The van der Waals surface area contributed by atoms with Crippen molar-refractivity contribution >= 4 is 23.4 Å². The number of nitrogens with two attached hydrogens (primary N) is 2. The van der Waals surface area contributed by atoms with Gasteiger partial charge in [0, 0.05) is 23.8 Å². The molecule has 0 spiro atoms. The van der Waals surface area contributed by atoms with E-state index in [4.69, 9.17) is 16.2 Å². The lowest BCUT2D eigenvalue weighted by Crippen LogP contribution is -2.20. The third-order valence-electron chi connectivity index (χ3n) is 5.27. The molecular weight excluding hydrogens is 366 g/mol. The molecule has 2 aromatic rings. The molecule has 0 bridgehead atoms. The van der Waals surface area contributed by atoms with Crippen molar-refractivity contribution < 1.29 is 9.53 Å². The molecule has 1 amide bonds. The highest BCUT2D eigenvalue weighted by atomic mass is 16.5. The Labute approximate surface area is 172 Å². The highest BCUT2D eigenvalue weighted by molar-refractivity contribution is 5.93. The Balaban J connectivity index is 1.74. The van der Waals surface area contributed by atoms with Gasteiger partial charge in [0.15, 0.2) is 0 Å². The van der Waals surface area contributed by atoms with Gasteiger partial charge in [0.05, 0.1) is 12.3 Å². The van der Waals surface area contributed by atoms with Crippen LogP contribution in [0.15, 0.2) is 24.3 Å². The number of ether oxygens (including phenoxy) is 1. The van der Waals surface area contributed by atoms with E-state index in [-0.39, 0.29) is 17.8 Å². The lowest BCUT2D eigenvalue weighted by molar-refractivity contribution is -0.119. The molecule has 1 fully saturated rings. The van der Waals surface area contributed by atoms with Gasteiger partial charge < -0.3 is 21.5 Å². The Morgan fingerprint density at radius 1 is 1.17 bits per heavy atom. The van der Waals surface area contributed by atoms with E-state index >= 15 is 0 Å². The second kappa shape index (κ2) is 9.69. The quantitative estimate of drug-likeness (QED) is 0.580. The van der Waals surface area contributed by atoms with Crippen molar-refractivity contribution in [1.29, 1.82) is 0 Å². The second-order valence-electron chi connectivity index (χ2n) is 8.07. The van der Waals surface area contributed by atoms with Crippen molar-refractivity contribution in [3.8, 4) is 11.1 Å². The Kier molecular flexibility index (Phi) is 7.04. The van der Waals surface area contributed by atoms with Crippen LogP contribution in [-0.4, -0.2) is 22.5 Å². The SMILES string of the molecule is CC(C)CCOCc1nc(N)nc(N)c1-c1ccc(NC(=O)C2CCCC2)cc1. The second-order valence-corrected chi connectivity index (χ2v) is 8.07. The van der Waals surface area contributed by atoms with Crippen molar-refractivity contribution in [3.63, 3.8) is 0 Å². The first-order valence-electron chi connectivity index (χ1n) is 10.3. The van der Waals surface area contributed by atoms with E-state index in [1.54, 1.807) is 0 Å². The molecule has 1 aliphatic carbocycles. The predicted molar refractivity (Wildman–Crippen MR) is 116 cm³/mol. The molecule has 0 unspecified atom stereocenters. The number of hydrogen-bond acceptors (Lipinski definition) is 6. The first-order chi connectivity index (χ1) is 13.9. The van der Waals surface area contributed by atoms with Crippen LogP contribution in [0.25, 0.3) is 11.1 Å². The van der Waals surface area contributed by atoms with Crippen LogP contribution in [-0.2, 0) is 16.1 Å². The van der Waals surface area contributed by atoms with Gasteiger partial charge in [0.1, 0.15) is 5.82 Å². The van der Waals surface area contributed by atoms with Gasteiger partial charge in [-0.25, -0.2) is 4.98 Å². The van der Waals surface area contributed by atoms with Crippen LogP contribution < -0.4 is 16.8 Å². The molecule has 0 atom stereocenters. The van der Waals surface area contributed by atoms with Gasteiger partial charge in [-0.1, -0.05) is 38.8 Å². The van der Waals surface area contributed by atoms with Gasteiger partial charge in [-0.2, -0.15) is 4.98 Å². The van der Waals surface area contributed by atoms with E-state index in [2.05, 4.69) is 29.1 Å². The molecule has 7 heteroatoms. The maximum Gasteiger partial charge on any atom is 0.227 e. The maximum absolute atomic E-state index is 12.3. The average Bonchev–Trinajstić information content (AvgIpc) is 3.21. The topological polar surface area (TPSA) is 116 Å². The summed E-state index contributed by atoms with van der Waals surface area (Å²) in [6.07, 6.45) is 5.19. The Hall–Kier alpha value is -2.67. The largest absolute Gasteiger partial charge is 0.383 e. The van der Waals surface area contributed by atoms with Gasteiger partial charge in [0.2, 0.25) is 11.9 Å². The number of amides is 1. The summed E-state index contributed by atoms with van der Waals surface area (Å²) < 4.78 is 5.78. The number of carbonyl (C=O) groups is 1. The minimum absolute atomic E-state index is 0.102. The minimum Gasteiger partial charge on any atom is -0.383 e. The van der Waals surface area contributed by atoms with Crippen molar-refractivity contribution in [2.45, 2.75) is 52.6 Å². The van der Waals surface area contributed by atoms with E-state index < -0.39 is 0 Å². The summed E-state index contributed by atoms with van der Waals surface area (Å²) in [4.78, 5) is 20.8. The average molecular weight is 398 g/mol. The van der Waals surface area contributed by atoms with Crippen LogP contribution in [0, 0.1) is 11.8 Å². The molecule has 1 aromatic carbocycles. The summed E-state index contributed by atoms with van der Waals surface area (Å²) in [7, 11) is 0. The lowest BCUT2D eigenvalue weighted by atomic mass is 10.0. The molecular formula is C22H31N5O2. The molecule has 0 radical (unpaired) electrons. The summed E-state index contributed by atoms with van der Waals surface area (Å²) >= 11 is 0. The monoisotopic (exact) mass is 397 g/mol. The molecule has 156 valence electrons. The number of benzene rings is 1. The van der Waals surface area contributed by atoms with Crippen molar-refractivity contribution in [1.82, 2.24) is 9.97 Å². The first kappa shape index (κ1) is 21.0. The normalized spacial score (nSPS) is 14.4. The third-order valence-corrected chi connectivity index (χ3v) is 5.27. The summed E-state index contributed by atoms with van der Waals surface area (Å²) in [5.41, 5.74) is 15.0. The molecule has 1 saturated carbocycles. The number of nitrogens with one attached hydrogen (secondary N) is 1. The van der Waals surface area contributed by atoms with Gasteiger partial charge in [-0.15, -0.1) is 0 Å². The Morgan fingerprint density at radius 3 is 2.52 bits per heavy atom. The number of carbonyl (C=O) groups excluding carboxylic acids is 1. The highest BCUT2D eigenvalue weighted by Crippen LogP contribution is 2.31. The van der Waals surface area contributed by atoms with Crippen LogP contribution in [0.5, 0.6) is 0 Å². The van der Waals surface area contributed by atoms with Crippen LogP contribution in [0.4, 0.5) is 17.5 Å². The number of nitrogens with zero attached hydrogens (tertiary/aromatic N) is 2. The highest BCUT2D eigenvalue weighted by Gasteiger charge is 2.22. The number of aromatic nitrogens is 2. The van der Waals surface area contributed by atoms with Crippen molar-refractivity contribution in [2.75, 3.05) is 23.4 Å². The van der Waals surface area contributed by atoms with Crippen molar-refractivity contribution in [3.05, 3.63) is 30.0 Å². The molecule has 5 N–H and O–H groups in total. The molecule has 29 heavy (non-hydrogen) atoms. The molecule has 1 heterocycles. The smallest absolute Gasteiger partial charge is 0.227 e. The molecule has 1 aromatic heterocycles. The number of nitrogen functional groups attached to an aromatic ring is 2. The van der Waals surface area contributed by atoms with E-state index in [1.807, 2.05) is 24.3 Å². The fraction of sp³-hybridized carbons (Fsp3) is 0.500. The zero-order valence-corrected chi connectivity index (χ0v) is 17.3. The summed E-state index contributed by atoms with van der Waals surface area (Å²) in [5.74, 6) is 1.26. The van der Waals surface area contributed by atoms with Crippen LogP contribution in [0.3, 0.4) is 0 Å². The molecule has 0 saturated heterocycles. The fourth-order valence-corrected chi connectivity index (χ4v) is 3.61. The molecule has 1 aliphatic rings. The number of anilines is 3. The maximum atomic E-state index is 12.3. The Bertz CT molecular complexity index is 830. The molecule has 7 nitrogen and oxygen atoms in total. The van der Waals surface area contributed by atoms with Crippen molar-refractivity contribution in [2.24, 2.45) is 11.8 Å². The lowest BCUT2D eigenvalue weighted by Gasteiger charge is -2.14. The van der Waals surface area contributed by atoms with E-state index in [9.17, 15) is 4.79 Å².